The zero-order valence-electron chi connectivity index (χ0n) is 10.7. The number of anilines is 2. The number of nitrogens with zero attached hydrogens (tertiary/aromatic N) is 3. The molecule has 8 nitrogen and oxygen atoms in total. The summed E-state index contributed by atoms with van der Waals surface area (Å²) in [6.07, 6.45) is 4.11. The van der Waals surface area contributed by atoms with Crippen LogP contribution in [0, 0.1) is 10.1 Å². The predicted octanol–water partition coefficient (Wildman–Crippen LogP) is 1.14. The quantitative estimate of drug-likeness (QED) is 0.553. The van der Waals surface area contributed by atoms with Gasteiger partial charge in [0, 0.05) is 7.05 Å². The summed E-state index contributed by atoms with van der Waals surface area (Å²) in [6.45, 7) is 0. The van der Waals surface area contributed by atoms with Crippen LogP contribution in [0.25, 0.3) is 0 Å². The van der Waals surface area contributed by atoms with Gasteiger partial charge >= 0.3 is 5.69 Å². The summed E-state index contributed by atoms with van der Waals surface area (Å²) in [4.78, 5) is 18.3. The van der Waals surface area contributed by atoms with Crippen molar-refractivity contribution in [1.29, 1.82) is 0 Å². The van der Waals surface area contributed by atoms with Crippen LogP contribution in [0.5, 0.6) is 0 Å². The molecule has 0 bridgehead atoms. The van der Waals surface area contributed by atoms with Gasteiger partial charge in [-0.05, 0) is 12.8 Å². The Kier molecular flexibility index (Phi) is 4.10. The molecule has 1 aromatic rings. The fourth-order valence-electron chi connectivity index (χ4n) is 2.19. The van der Waals surface area contributed by atoms with Crippen molar-refractivity contribution in [1.82, 2.24) is 9.97 Å². The van der Waals surface area contributed by atoms with Gasteiger partial charge in [0.2, 0.25) is 11.8 Å². The molecular weight excluding hydrogens is 250 g/mol. The monoisotopic (exact) mass is 267 g/mol. The molecule has 0 aromatic carbocycles. The lowest BCUT2D eigenvalue weighted by Crippen LogP contribution is -2.36. The molecule has 2 atom stereocenters. The summed E-state index contributed by atoms with van der Waals surface area (Å²) in [5, 5.41) is 26.5. The summed E-state index contributed by atoms with van der Waals surface area (Å²) >= 11 is 0. The van der Waals surface area contributed by atoms with Gasteiger partial charge in [-0.2, -0.15) is 4.98 Å². The number of hydrogen-bond donors (Lipinski definition) is 3. The molecule has 104 valence electrons. The van der Waals surface area contributed by atoms with Crippen LogP contribution in [-0.2, 0) is 0 Å². The number of aliphatic hydroxyl groups excluding tert-OH is 1. The number of hydrogen-bond acceptors (Lipinski definition) is 7. The highest BCUT2D eigenvalue weighted by Crippen LogP contribution is 2.27. The molecule has 8 heteroatoms. The molecule has 1 aliphatic carbocycles. The van der Waals surface area contributed by atoms with E-state index in [9.17, 15) is 15.2 Å². The Balaban J connectivity index is 2.23. The number of rotatable bonds is 4. The third-order valence-corrected chi connectivity index (χ3v) is 3.24. The van der Waals surface area contributed by atoms with Crippen molar-refractivity contribution in [3.05, 3.63) is 16.3 Å². The smallest absolute Gasteiger partial charge is 0.329 e. The van der Waals surface area contributed by atoms with E-state index in [4.69, 9.17) is 0 Å². The summed E-state index contributed by atoms with van der Waals surface area (Å²) < 4.78 is 0. The van der Waals surface area contributed by atoms with Crippen molar-refractivity contribution < 1.29 is 10.0 Å². The summed E-state index contributed by atoms with van der Waals surface area (Å²) in [5.41, 5.74) is -0.184. The highest BCUT2D eigenvalue weighted by atomic mass is 16.6. The Labute approximate surface area is 110 Å². The van der Waals surface area contributed by atoms with Gasteiger partial charge in [0.1, 0.15) is 6.20 Å². The molecule has 2 unspecified atom stereocenters. The molecule has 2 rings (SSSR count). The average Bonchev–Trinajstić information content (AvgIpc) is 2.41. The minimum absolute atomic E-state index is 0.148. The first-order valence-corrected chi connectivity index (χ1v) is 6.25. The SMILES string of the molecule is CNc1ncc([N+](=O)[O-])c(NC2CCCCC2O)n1. The molecule has 1 heterocycles. The minimum atomic E-state index is -0.531. The van der Waals surface area contributed by atoms with Gasteiger partial charge < -0.3 is 15.7 Å². The minimum Gasteiger partial charge on any atom is -0.391 e. The molecule has 1 fully saturated rings. The van der Waals surface area contributed by atoms with Gasteiger partial charge in [0.05, 0.1) is 17.1 Å². The zero-order chi connectivity index (χ0) is 13.8. The number of nitrogens with one attached hydrogen (secondary N) is 2. The van der Waals surface area contributed by atoms with Crippen molar-refractivity contribution in [3.8, 4) is 0 Å². The third-order valence-electron chi connectivity index (χ3n) is 3.24. The highest BCUT2D eigenvalue weighted by Gasteiger charge is 2.26. The molecule has 0 spiro atoms. The van der Waals surface area contributed by atoms with E-state index >= 15 is 0 Å². The highest BCUT2D eigenvalue weighted by molar-refractivity contribution is 5.57. The van der Waals surface area contributed by atoms with Crippen LogP contribution in [-0.4, -0.2) is 39.2 Å². The molecule has 1 aliphatic rings. The van der Waals surface area contributed by atoms with Crippen LogP contribution in [0.2, 0.25) is 0 Å². The summed E-state index contributed by atoms with van der Waals surface area (Å²) in [5.74, 6) is 0.452. The molecule has 0 radical (unpaired) electrons. The second kappa shape index (κ2) is 5.79. The summed E-state index contributed by atoms with van der Waals surface area (Å²) in [6, 6.07) is -0.202. The average molecular weight is 267 g/mol. The number of aromatic nitrogens is 2. The van der Waals surface area contributed by atoms with Gasteiger partial charge in [0.15, 0.2) is 0 Å². The fourth-order valence-corrected chi connectivity index (χ4v) is 2.19. The van der Waals surface area contributed by atoms with Gasteiger partial charge in [-0.1, -0.05) is 12.8 Å². The van der Waals surface area contributed by atoms with E-state index in [1.807, 2.05) is 0 Å². The Hall–Kier alpha value is -1.96. The van der Waals surface area contributed by atoms with Crippen molar-refractivity contribution >= 4 is 17.5 Å². The lowest BCUT2D eigenvalue weighted by molar-refractivity contribution is -0.384. The van der Waals surface area contributed by atoms with Crippen LogP contribution >= 0.6 is 0 Å². The van der Waals surface area contributed by atoms with E-state index in [-0.39, 0.29) is 17.5 Å². The first kappa shape index (κ1) is 13.5. The molecule has 19 heavy (non-hydrogen) atoms. The van der Waals surface area contributed by atoms with Crippen molar-refractivity contribution in [2.45, 2.75) is 37.8 Å². The van der Waals surface area contributed by atoms with Gasteiger partial charge in [-0.3, -0.25) is 10.1 Å². The van der Waals surface area contributed by atoms with Gasteiger partial charge in [-0.15, -0.1) is 0 Å². The molecular formula is C11H17N5O3. The van der Waals surface area contributed by atoms with Crippen LogP contribution in [0.15, 0.2) is 6.20 Å². The van der Waals surface area contributed by atoms with Crippen molar-refractivity contribution in [3.63, 3.8) is 0 Å². The van der Waals surface area contributed by atoms with E-state index in [2.05, 4.69) is 20.6 Å². The zero-order valence-corrected chi connectivity index (χ0v) is 10.7. The maximum absolute atomic E-state index is 10.9. The maximum Gasteiger partial charge on any atom is 0.329 e. The predicted molar refractivity (Wildman–Crippen MR) is 70.1 cm³/mol. The number of aliphatic hydroxyl groups is 1. The fraction of sp³-hybridized carbons (Fsp3) is 0.636. The van der Waals surface area contributed by atoms with E-state index in [0.717, 1.165) is 25.5 Å². The third kappa shape index (κ3) is 3.08. The Morgan fingerprint density at radius 3 is 2.84 bits per heavy atom. The van der Waals surface area contributed by atoms with E-state index in [0.29, 0.717) is 12.4 Å². The first-order chi connectivity index (χ1) is 9.11. The standard InChI is InChI=1S/C11H17N5O3/c1-12-11-13-6-8(16(18)19)10(15-11)14-7-4-2-3-5-9(7)17/h6-7,9,17H,2-5H2,1H3,(H2,12,13,14,15). The lowest BCUT2D eigenvalue weighted by atomic mass is 9.92. The van der Waals surface area contributed by atoms with Crippen LogP contribution in [0.1, 0.15) is 25.7 Å². The molecule has 0 amide bonds. The molecule has 1 aromatic heterocycles. The van der Waals surface area contributed by atoms with Crippen LogP contribution in [0.3, 0.4) is 0 Å². The molecule has 1 saturated carbocycles. The normalized spacial score (nSPS) is 22.8. The van der Waals surface area contributed by atoms with E-state index in [1.165, 1.54) is 0 Å². The molecule has 0 saturated heterocycles. The number of nitro groups is 1. The second-order valence-electron chi connectivity index (χ2n) is 4.54. The topological polar surface area (TPSA) is 113 Å². The van der Waals surface area contributed by atoms with E-state index in [1.54, 1.807) is 7.05 Å². The first-order valence-electron chi connectivity index (χ1n) is 6.25. The lowest BCUT2D eigenvalue weighted by Gasteiger charge is -2.28. The maximum atomic E-state index is 10.9. The molecule has 0 aliphatic heterocycles. The van der Waals surface area contributed by atoms with Crippen molar-refractivity contribution in [2.24, 2.45) is 0 Å². The Morgan fingerprint density at radius 1 is 1.47 bits per heavy atom. The molecule has 3 N–H and O–H groups in total. The largest absolute Gasteiger partial charge is 0.391 e. The second-order valence-corrected chi connectivity index (χ2v) is 4.54. The Morgan fingerprint density at radius 2 is 2.21 bits per heavy atom. The Bertz CT molecular complexity index is 468. The van der Waals surface area contributed by atoms with Crippen LogP contribution < -0.4 is 10.6 Å². The van der Waals surface area contributed by atoms with Gasteiger partial charge in [-0.25, -0.2) is 4.98 Å². The summed E-state index contributed by atoms with van der Waals surface area (Å²) in [7, 11) is 1.64. The van der Waals surface area contributed by atoms with Crippen molar-refractivity contribution in [2.75, 3.05) is 17.7 Å². The van der Waals surface area contributed by atoms with Crippen LogP contribution in [0.4, 0.5) is 17.5 Å². The van der Waals surface area contributed by atoms with E-state index < -0.39 is 11.0 Å². The van der Waals surface area contributed by atoms with Gasteiger partial charge in [0.25, 0.3) is 0 Å².